The molecule has 0 aliphatic rings. The van der Waals surface area contributed by atoms with Crippen molar-refractivity contribution in [3.8, 4) is 11.1 Å². The third-order valence-corrected chi connectivity index (χ3v) is 4.51. The minimum absolute atomic E-state index is 0.00626. The van der Waals surface area contributed by atoms with Crippen molar-refractivity contribution in [2.45, 2.75) is 4.90 Å². The van der Waals surface area contributed by atoms with E-state index in [1.165, 1.54) is 18.2 Å². The lowest BCUT2D eigenvalue weighted by atomic mass is 10.0. The first kappa shape index (κ1) is 14.7. The summed E-state index contributed by atoms with van der Waals surface area (Å²) in [7, 11) is -3.74. The van der Waals surface area contributed by atoms with Crippen molar-refractivity contribution >= 4 is 31.9 Å². The Morgan fingerprint density at radius 3 is 2.20 bits per heavy atom. The molecule has 7 heteroatoms. The van der Waals surface area contributed by atoms with Crippen molar-refractivity contribution in [1.82, 2.24) is 0 Å². The summed E-state index contributed by atoms with van der Waals surface area (Å²) in [5.74, 6) is -1.04. The van der Waals surface area contributed by atoms with E-state index in [2.05, 4.69) is 15.9 Å². The van der Waals surface area contributed by atoms with Crippen LogP contribution >= 0.6 is 15.9 Å². The Labute approximate surface area is 124 Å². The van der Waals surface area contributed by atoms with Gasteiger partial charge in [0.15, 0.2) is 0 Å². The van der Waals surface area contributed by atoms with E-state index in [1.807, 2.05) is 0 Å². The van der Waals surface area contributed by atoms with Crippen LogP contribution in [0.15, 0.2) is 51.8 Å². The van der Waals surface area contributed by atoms with Gasteiger partial charge in [-0.1, -0.05) is 24.3 Å². The predicted octanol–water partition coefficient (Wildman–Crippen LogP) is 2.46. The first-order chi connectivity index (χ1) is 9.30. The van der Waals surface area contributed by atoms with Gasteiger partial charge < -0.3 is 5.11 Å². The maximum atomic E-state index is 11.2. The number of hydrogen-bond acceptors (Lipinski definition) is 3. The molecule has 104 valence electrons. The Morgan fingerprint density at radius 1 is 1.10 bits per heavy atom. The summed E-state index contributed by atoms with van der Waals surface area (Å²) in [6, 6.07) is 10.8. The fourth-order valence-electron chi connectivity index (χ4n) is 1.74. The van der Waals surface area contributed by atoms with Crippen LogP contribution in [0.5, 0.6) is 0 Å². The monoisotopic (exact) mass is 355 g/mol. The summed E-state index contributed by atoms with van der Waals surface area (Å²) in [6.45, 7) is 0. The number of primary sulfonamides is 1. The normalized spacial score (nSPS) is 11.3. The lowest BCUT2D eigenvalue weighted by Gasteiger charge is -2.08. The Balaban J connectivity index is 2.53. The van der Waals surface area contributed by atoms with Crippen LogP contribution in [-0.2, 0) is 10.0 Å². The minimum atomic E-state index is -3.74. The molecule has 2 aromatic rings. The summed E-state index contributed by atoms with van der Waals surface area (Å²) in [5, 5.41) is 14.1. The van der Waals surface area contributed by atoms with Gasteiger partial charge in [0.2, 0.25) is 10.0 Å². The molecule has 0 aliphatic carbocycles. The zero-order valence-corrected chi connectivity index (χ0v) is 12.5. The second-order valence-corrected chi connectivity index (χ2v) is 6.40. The van der Waals surface area contributed by atoms with Gasteiger partial charge in [-0.15, -0.1) is 0 Å². The molecule has 3 N–H and O–H groups in total. The second-order valence-electron chi connectivity index (χ2n) is 4.04. The molecule has 0 atom stereocenters. The average molecular weight is 356 g/mol. The largest absolute Gasteiger partial charge is 0.478 e. The smallest absolute Gasteiger partial charge is 0.336 e. The van der Waals surface area contributed by atoms with Gasteiger partial charge in [-0.05, 0) is 45.3 Å². The Hall–Kier alpha value is -1.70. The molecule has 0 unspecified atom stereocenters. The van der Waals surface area contributed by atoms with E-state index in [0.29, 0.717) is 15.6 Å². The number of aromatic carboxylic acids is 1. The Bertz CT molecular complexity index is 769. The van der Waals surface area contributed by atoms with Crippen molar-refractivity contribution in [2.24, 2.45) is 5.14 Å². The Morgan fingerprint density at radius 2 is 1.70 bits per heavy atom. The zero-order valence-electron chi connectivity index (χ0n) is 10.1. The molecule has 0 aliphatic heterocycles. The highest BCUT2D eigenvalue weighted by atomic mass is 79.9. The van der Waals surface area contributed by atoms with Crippen LogP contribution in [0.3, 0.4) is 0 Å². The van der Waals surface area contributed by atoms with E-state index in [0.717, 1.165) is 0 Å². The van der Waals surface area contributed by atoms with Gasteiger partial charge >= 0.3 is 5.97 Å². The van der Waals surface area contributed by atoms with E-state index >= 15 is 0 Å². The zero-order chi connectivity index (χ0) is 14.9. The van der Waals surface area contributed by atoms with Crippen molar-refractivity contribution in [3.05, 3.63) is 52.5 Å². The molecular weight excluding hydrogens is 346 g/mol. The van der Waals surface area contributed by atoms with Crippen LogP contribution in [0.25, 0.3) is 11.1 Å². The van der Waals surface area contributed by atoms with E-state index < -0.39 is 16.0 Å². The third-order valence-electron chi connectivity index (χ3n) is 2.72. The van der Waals surface area contributed by atoms with E-state index in [9.17, 15) is 13.2 Å². The van der Waals surface area contributed by atoms with E-state index in [4.69, 9.17) is 10.2 Å². The van der Waals surface area contributed by atoms with Gasteiger partial charge in [0.05, 0.1) is 10.5 Å². The fourth-order valence-corrected chi connectivity index (χ4v) is 2.92. The van der Waals surface area contributed by atoms with E-state index in [1.54, 1.807) is 24.3 Å². The molecule has 0 bridgehead atoms. The van der Waals surface area contributed by atoms with Crippen LogP contribution in [0, 0.1) is 0 Å². The highest BCUT2D eigenvalue weighted by molar-refractivity contribution is 9.10. The quantitative estimate of drug-likeness (QED) is 0.883. The maximum Gasteiger partial charge on any atom is 0.336 e. The van der Waals surface area contributed by atoms with Crippen LogP contribution in [-0.4, -0.2) is 19.5 Å². The highest BCUT2D eigenvalue weighted by Gasteiger charge is 2.13. The number of benzene rings is 2. The molecule has 20 heavy (non-hydrogen) atoms. The van der Waals surface area contributed by atoms with Gasteiger partial charge in [-0.25, -0.2) is 18.4 Å². The summed E-state index contributed by atoms with van der Waals surface area (Å²) < 4.78 is 22.8. The molecule has 0 aromatic heterocycles. The van der Waals surface area contributed by atoms with Crippen LogP contribution in [0.1, 0.15) is 10.4 Å². The summed E-state index contributed by atoms with van der Waals surface area (Å²) in [6.07, 6.45) is 0. The number of rotatable bonds is 3. The molecule has 0 saturated carbocycles. The lowest BCUT2D eigenvalue weighted by Crippen LogP contribution is -2.11. The van der Waals surface area contributed by atoms with Crippen LogP contribution < -0.4 is 5.14 Å². The first-order valence-electron chi connectivity index (χ1n) is 5.46. The van der Waals surface area contributed by atoms with Gasteiger partial charge in [-0.3, -0.25) is 0 Å². The number of nitrogens with two attached hydrogens (primary N) is 1. The third kappa shape index (κ3) is 2.90. The number of hydrogen-bond donors (Lipinski definition) is 2. The van der Waals surface area contributed by atoms with E-state index in [-0.39, 0.29) is 10.5 Å². The number of carboxylic acid groups (broad SMARTS) is 1. The molecule has 0 amide bonds. The molecule has 2 aromatic carbocycles. The molecule has 0 heterocycles. The molecule has 0 saturated heterocycles. The highest BCUT2D eigenvalue weighted by Crippen LogP contribution is 2.31. The predicted molar refractivity (Wildman–Crippen MR) is 77.9 cm³/mol. The number of sulfonamides is 1. The van der Waals surface area contributed by atoms with Crippen LogP contribution in [0.4, 0.5) is 0 Å². The summed E-state index contributed by atoms with van der Waals surface area (Å²) in [4.78, 5) is 11.1. The molecule has 0 radical (unpaired) electrons. The summed E-state index contributed by atoms with van der Waals surface area (Å²) >= 11 is 3.25. The van der Waals surface area contributed by atoms with Crippen molar-refractivity contribution in [3.63, 3.8) is 0 Å². The Kier molecular flexibility index (Phi) is 3.94. The molecular formula is C13H10BrNO4S. The first-order valence-corrected chi connectivity index (χ1v) is 7.79. The van der Waals surface area contributed by atoms with Gasteiger partial charge in [0.1, 0.15) is 0 Å². The molecule has 5 nitrogen and oxygen atoms in total. The molecule has 0 fully saturated rings. The lowest BCUT2D eigenvalue weighted by molar-refractivity contribution is 0.0696. The number of halogens is 1. The second kappa shape index (κ2) is 5.35. The molecule has 2 rings (SSSR count). The fraction of sp³-hybridized carbons (Fsp3) is 0. The SMILES string of the molecule is NS(=O)(=O)c1ccc(-c2cccc(C(=O)O)c2Br)cc1. The molecule has 0 spiro atoms. The topological polar surface area (TPSA) is 97.5 Å². The van der Waals surface area contributed by atoms with Crippen LogP contribution in [0.2, 0.25) is 0 Å². The van der Waals surface area contributed by atoms with Gasteiger partial charge in [0.25, 0.3) is 0 Å². The minimum Gasteiger partial charge on any atom is -0.478 e. The average Bonchev–Trinajstić information content (AvgIpc) is 2.38. The summed E-state index contributed by atoms with van der Waals surface area (Å²) in [5.41, 5.74) is 1.48. The number of carbonyl (C=O) groups is 1. The maximum absolute atomic E-state index is 11.2. The van der Waals surface area contributed by atoms with Gasteiger partial charge in [0, 0.05) is 4.47 Å². The van der Waals surface area contributed by atoms with Crippen molar-refractivity contribution in [2.75, 3.05) is 0 Å². The number of carboxylic acids is 1. The van der Waals surface area contributed by atoms with Crippen molar-refractivity contribution in [1.29, 1.82) is 0 Å². The van der Waals surface area contributed by atoms with Crippen molar-refractivity contribution < 1.29 is 18.3 Å². The standard InChI is InChI=1S/C13H10BrNO4S/c14-12-10(2-1-3-11(12)13(16)17)8-4-6-9(7-5-8)20(15,18)19/h1-7H,(H,16,17)(H2,15,18,19). The van der Waals surface area contributed by atoms with Gasteiger partial charge in [-0.2, -0.15) is 0 Å².